The summed E-state index contributed by atoms with van der Waals surface area (Å²) in [7, 11) is 0. The van der Waals surface area contributed by atoms with Gasteiger partial charge in [-0.25, -0.2) is 14.6 Å². The number of nitrogens with one attached hydrogen (secondary N) is 4. The number of amides is 5. The maximum Gasteiger partial charge on any atom is 0.324 e. The first-order chi connectivity index (χ1) is 14.6. The molecule has 2 aromatic carbocycles. The van der Waals surface area contributed by atoms with E-state index in [1.807, 2.05) is 30.3 Å². The Morgan fingerprint density at radius 3 is 2.67 bits per heavy atom. The number of carbonyl (C=O) groups is 3. The van der Waals surface area contributed by atoms with Gasteiger partial charge in [-0.15, -0.1) is 0 Å². The molecule has 4 N–H and O–H groups in total. The first kappa shape index (κ1) is 19.1. The van der Waals surface area contributed by atoms with Crippen molar-refractivity contribution in [2.75, 3.05) is 11.9 Å². The second-order valence-corrected chi connectivity index (χ2v) is 6.65. The fourth-order valence-electron chi connectivity index (χ4n) is 3.15. The molecule has 0 spiro atoms. The minimum Gasteiger partial charge on any atom is -0.329 e. The van der Waals surface area contributed by atoms with Crippen molar-refractivity contribution in [2.24, 2.45) is 0 Å². The lowest BCUT2D eigenvalue weighted by Gasteiger charge is -2.18. The van der Waals surface area contributed by atoms with E-state index in [9.17, 15) is 14.4 Å². The molecule has 10 heteroatoms. The van der Waals surface area contributed by atoms with Crippen LogP contribution >= 0.6 is 0 Å². The topological polar surface area (TPSA) is 132 Å². The maximum atomic E-state index is 12.6. The summed E-state index contributed by atoms with van der Waals surface area (Å²) in [5, 5.41) is 14.8. The number of rotatable bonds is 6. The van der Waals surface area contributed by atoms with E-state index in [0.29, 0.717) is 17.1 Å². The molecule has 5 amide bonds. The molecule has 10 nitrogen and oxygen atoms in total. The van der Waals surface area contributed by atoms with Crippen molar-refractivity contribution in [1.82, 2.24) is 30.7 Å². The standard InChI is InChI=1S/C20H19N7O3/c28-16-10-21-20(30)27(16)11-13-5-4-8-15(9-13)24-19(29)25-17(18-22-12-23-26-18)14-6-2-1-3-7-14/h1-9,12,17H,10-11H2,(H,21,30)(H,22,23,26)(H2,24,25,29). The Morgan fingerprint density at radius 1 is 1.13 bits per heavy atom. The zero-order valence-corrected chi connectivity index (χ0v) is 15.8. The van der Waals surface area contributed by atoms with E-state index in [0.717, 1.165) is 10.5 Å². The predicted molar refractivity (Wildman–Crippen MR) is 107 cm³/mol. The van der Waals surface area contributed by atoms with Crippen LogP contribution in [0.4, 0.5) is 15.3 Å². The quantitative estimate of drug-likeness (QED) is 0.464. The van der Waals surface area contributed by atoms with E-state index in [2.05, 4.69) is 31.1 Å². The van der Waals surface area contributed by atoms with Crippen LogP contribution in [0.25, 0.3) is 0 Å². The molecular formula is C20H19N7O3. The van der Waals surface area contributed by atoms with Crippen molar-refractivity contribution in [3.8, 4) is 0 Å². The second-order valence-electron chi connectivity index (χ2n) is 6.65. The third kappa shape index (κ3) is 4.27. The van der Waals surface area contributed by atoms with Crippen molar-refractivity contribution >= 4 is 23.7 Å². The normalized spacial score (nSPS) is 14.3. The Bertz CT molecular complexity index is 1040. The van der Waals surface area contributed by atoms with Crippen LogP contribution in [0.2, 0.25) is 0 Å². The van der Waals surface area contributed by atoms with Crippen LogP contribution in [-0.2, 0) is 11.3 Å². The molecule has 0 radical (unpaired) electrons. The van der Waals surface area contributed by atoms with E-state index in [1.54, 1.807) is 24.3 Å². The first-order valence-corrected chi connectivity index (χ1v) is 9.25. The number of benzene rings is 2. The summed E-state index contributed by atoms with van der Waals surface area (Å²) in [6.07, 6.45) is 1.38. The molecule has 152 valence electrons. The van der Waals surface area contributed by atoms with Gasteiger partial charge in [0.15, 0.2) is 5.82 Å². The summed E-state index contributed by atoms with van der Waals surface area (Å²) >= 11 is 0. The van der Waals surface area contributed by atoms with Crippen molar-refractivity contribution in [2.45, 2.75) is 12.6 Å². The van der Waals surface area contributed by atoms with Gasteiger partial charge in [0.05, 0.1) is 13.1 Å². The van der Waals surface area contributed by atoms with Gasteiger partial charge in [0.2, 0.25) is 5.91 Å². The molecule has 1 atom stereocenters. The number of hydrogen-bond acceptors (Lipinski definition) is 5. The number of anilines is 1. The Hall–Kier alpha value is -4.21. The smallest absolute Gasteiger partial charge is 0.324 e. The van der Waals surface area contributed by atoms with Gasteiger partial charge in [-0.2, -0.15) is 5.10 Å². The van der Waals surface area contributed by atoms with E-state index in [4.69, 9.17) is 0 Å². The number of imide groups is 1. The molecule has 1 fully saturated rings. The molecule has 4 rings (SSSR count). The van der Waals surface area contributed by atoms with Crippen LogP contribution in [0.15, 0.2) is 60.9 Å². The molecule has 1 saturated heterocycles. The number of aromatic amines is 1. The third-order valence-electron chi connectivity index (χ3n) is 4.58. The summed E-state index contributed by atoms with van der Waals surface area (Å²) in [4.78, 5) is 41.4. The van der Waals surface area contributed by atoms with Gasteiger partial charge >= 0.3 is 12.1 Å². The van der Waals surface area contributed by atoms with Crippen LogP contribution < -0.4 is 16.0 Å². The lowest BCUT2D eigenvalue weighted by atomic mass is 10.1. The summed E-state index contributed by atoms with van der Waals surface area (Å²) in [5.41, 5.74) is 2.09. The lowest BCUT2D eigenvalue weighted by Crippen LogP contribution is -2.34. The Labute approximate surface area is 171 Å². The van der Waals surface area contributed by atoms with Gasteiger partial charge in [0.25, 0.3) is 0 Å². The average molecular weight is 405 g/mol. The number of aromatic nitrogens is 3. The highest BCUT2D eigenvalue weighted by Crippen LogP contribution is 2.19. The Kier molecular flexibility index (Phi) is 5.37. The van der Waals surface area contributed by atoms with Gasteiger partial charge in [-0.3, -0.25) is 14.8 Å². The highest BCUT2D eigenvalue weighted by molar-refractivity contribution is 6.01. The van der Waals surface area contributed by atoms with E-state index < -0.39 is 18.1 Å². The summed E-state index contributed by atoms with van der Waals surface area (Å²) in [6.45, 7) is 0.133. The minimum atomic E-state index is -0.511. The monoisotopic (exact) mass is 405 g/mol. The van der Waals surface area contributed by atoms with Crippen LogP contribution in [-0.4, -0.2) is 44.6 Å². The largest absolute Gasteiger partial charge is 0.329 e. The Morgan fingerprint density at radius 2 is 1.97 bits per heavy atom. The molecule has 1 aliphatic heterocycles. The van der Waals surface area contributed by atoms with Gasteiger partial charge < -0.3 is 16.0 Å². The number of nitrogens with zero attached hydrogens (tertiary/aromatic N) is 3. The van der Waals surface area contributed by atoms with Crippen molar-refractivity contribution in [1.29, 1.82) is 0 Å². The molecule has 0 saturated carbocycles. The SMILES string of the molecule is O=C(Nc1cccc(CN2C(=O)CNC2=O)c1)NC(c1ccccc1)c1ncn[nH]1. The zero-order chi connectivity index (χ0) is 20.9. The van der Waals surface area contributed by atoms with Crippen molar-refractivity contribution in [3.63, 3.8) is 0 Å². The fraction of sp³-hybridized carbons (Fsp3) is 0.150. The van der Waals surface area contributed by atoms with Crippen LogP contribution in [0.5, 0.6) is 0 Å². The molecule has 30 heavy (non-hydrogen) atoms. The summed E-state index contributed by atoms with van der Waals surface area (Å²) in [5.74, 6) is 0.220. The fourth-order valence-corrected chi connectivity index (χ4v) is 3.15. The first-order valence-electron chi connectivity index (χ1n) is 9.25. The van der Waals surface area contributed by atoms with Crippen molar-refractivity contribution in [3.05, 3.63) is 77.9 Å². The average Bonchev–Trinajstić information content (AvgIpc) is 3.39. The van der Waals surface area contributed by atoms with Gasteiger partial charge in [-0.1, -0.05) is 42.5 Å². The predicted octanol–water partition coefficient (Wildman–Crippen LogP) is 1.77. The molecular weight excluding hydrogens is 386 g/mol. The summed E-state index contributed by atoms with van der Waals surface area (Å²) < 4.78 is 0. The van der Waals surface area contributed by atoms with E-state index >= 15 is 0 Å². The lowest BCUT2D eigenvalue weighted by molar-refractivity contribution is -0.125. The summed E-state index contributed by atoms with van der Waals surface area (Å²) in [6, 6.07) is 15.0. The number of urea groups is 2. The molecule has 1 unspecified atom stereocenters. The van der Waals surface area contributed by atoms with Crippen LogP contribution in [0.3, 0.4) is 0 Å². The molecule has 0 aliphatic carbocycles. The molecule has 1 aliphatic rings. The van der Waals surface area contributed by atoms with Crippen molar-refractivity contribution < 1.29 is 14.4 Å². The molecule has 2 heterocycles. The number of H-pyrrole nitrogens is 1. The molecule has 0 bridgehead atoms. The van der Waals surface area contributed by atoms with Gasteiger partial charge in [0, 0.05) is 5.69 Å². The van der Waals surface area contributed by atoms with Crippen LogP contribution in [0.1, 0.15) is 23.0 Å². The Balaban J connectivity index is 1.45. The van der Waals surface area contributed by atoms with Gasteiger partial charge in [0.1, 0.15) is 12.4 Å². The third-order valence-corrected chi connectivity index (χ3v) is 4.58. The highest BCUT2D eigenvalue weighted by Gasteiger charge is 2.28. The number of hydrogen-bond donors (Lipinski definition) is 4. The minimum absolute atomic E-state index is 0.00168. The van der Waals surface area contributed by atoms with E-state index in [-0.39, 0.29) is 19.0 Å². The second kappa shape index (κ2) is 8.43. The van der Waals surface area contributed by atoms with Crippen LogP contribution in [0, 0.1) is 0 Å². The maximum absolute atomic E-state index is 12.6. The van der Waals surface area contributed by atoms with E-state index in [1.165, 1.54) is 6.33 Å². The molecule has 3 aromatic rings. The zero-order valence-electron chi connectivity index (χ0n) is 15.8. The molecule has 1 aromatic heterocycles. The number of carbonyl (C=O) groups excluding carboxylic acids is 3. The highest BCUT2D eigenvalue weighted by atomic mass is 16.2. The van der Waals surface area contributed by atoms with Gasteiger partial charge in [-0.05, 0) is 23.3 Å².